The van der Waals surface area contributed by atoms with Gasteiger partial charge in [0.1, 0.15) is 0 Å². The molecule has 0 unspecified atom stereocenters. The van der Waals surface area contributed by atoms with Gasteiger partial charge in [-0.1, -0.05) is 33.8 Å². The molecule has 0 aliphatic heterocycles. The van der Waals surface area contributed by atoms with E-state index in [4.69, 9.17) is 5.73 Å². The summed E-state index contributed by atoms with van der Waals surface area (Å²) in [4.78, 5) is 0. The summed E-state index contributed by atoms with van der Waals surface area (Å²) in [5, 5.41) is 0. The Labute approximate surface area is 89.3 Å². The first kappa shape index (κ1) is 15.5. The third kappa shape index (κ3) is 4.90. The van der Waals surface area contributed by atoms with E-state index >= 15 is 0 Å². The highest BCUT2D eigenvalue weighted by Crippen LogP contribution is 2.16. The van der Waals surface area contributed by atoms with E-state index in [1.54, 1.807) is 0 Å². The molecule has 1 heteroatoms. The molecule has 1 rings (SSSR count). The van der Waals surface area contributed by atoms with E-state index in [9.17, 15) is 0 Å². The number of hydrogen-bond acceptors (Lipinski definition) is 1. The van der Waals surface area contributed by atoms with Gasteiger partial charge in [-0.15, -0.1) is 0 Å². The second-order valence-electron chi connectivity index (χ2n) is 2.79. The molecular formula is C13H25N. The minimum atomic E-state index is 0.892. The highest BCUT2D eigenvalue weighted by molar-refractivity contribution is 5.50. The zero-order chi connectivity index (χ0) is 11.7. The van der Waals surface area contributed by atoms with Gasteiger partial charge < -0.3 is 5.73 Å². The quantitative estimate of drug-likeness (QED) is 0.615. The number of nitrogens with two attached hydrogens (primary N) is 1. The van der Waals surface area contributed by atoms with Crippen LogP contribution in [-0.4, -0.2) is 0 Å². The number of benzene rings is 1. The van der Waals surface area contributed by atoms with Gasteiger partial charge in [0.15, 0.2) is 0 Å². The van der Waals surface area contributed by atoms with Gasteiger partial charge in [0.2, 0.25) is 0 Å². The second kappa shape index (κ2) is 8.61. The van der Waals surface area contributed by atoms with Crippen molar-refractivity contribution in [1.82, 2.24) is 0 Å². The van der Waals surface area contributed by atoms with Crippen molar-refractivity contribution in [2.24, 2.45) is 0 Å². The molecule has 0 aliphatic rings. The van der Waals surface area contributed by atoms with Gasteiger partial charge >= 0.3 is 0 Å². The third-order valence-corrected chi connectivity index (χ3v) is 1.88. The van der Waals surface area contributed by atoms with Crippen molar-refractivity contribution in [1.29, 1.82) is 0 Å². The highest BCUT2D eigenvalue weighted by Gasteiger charge is 1.95. The van der Waals surface area contributed by atoms with Gasteiger partial charge in [0.25, 0.3) is 0 Å². The molecule has 1 nitrogen and oxygen atoms in total. The molecule has 0 heterocycles. The zero-order valence-electron chi connectivity index (χ0n) is 10.7. The molecule has 0 aromatic heterocycles. The summed E-state index contributed by atoms with van der Waals surface area (Å²) in [5.74, 6) is 0. The van der Waals surface area contributed by atoms with E-state index in [2.05, 4.69) is 19.9 Å². The van der Waals surface area contributed by atoms with Crippen LogP contribution in [-0.2, 0) is 0 Å². The maximum atomic E-state index is 5.69. The lowest BCUT2D eigenvalue weighted by Crippen LogP contribution is -1.91. The Hall–Kier alpha value is -0.980. The zero-order valence-corrected chi connectivity index (χ0v) is 10.7. The molecule has 14 heavy (non-hydrogen) atoms. The lowest BCUT2D eigenvalue weighted by Gasteiger charge is -2.03. The van der Waals surface area contributed by atoms with Crippen LogP contribution in [0.3, 0.4) is 0 Å². The first-order chi connectivity index (χ1) is 6.61. The molecule has 0 fully saturated rings. The minimum Gasteiger partial charge on any atom is -0.399 e. The van der Waals surface area contributed by atoms with Crippen molar-refractivity contribution >= 4 is 5.69 Å². The van der Waals surface area contributed by atoms with Gasteiger partial charge in [-0.2, -0.15) is 0 Å². The maximum absolute atomic E-state index is 5.69. The minimum absolute atomic E-state index is 0.892. The molecule has 0 amide bonds. The van der Waals surface area contributed by atoms with Crippen molar-refractivity contribution in [3.63, 3.8) is 0 Å². The number of aryl methyl sites for hydroxylation is 3. The first-order valence-corrected chi connectivity index (χ1v) is 5.44. The van der Waals surface area contributed by atoms with Crippen LogP contribution in [0.15, 0.2) is 12.1 Å². The first-order valence-electron chi connectivity index (χ1n) is 5.44. The molecule has 0 saturated heterocycles. The Morgan fingerprint density at radius 1 is 0.714 bits per heavy atom. The third-order valence-electron chi connectivity index (χ3n) is 1.88. The SMILES string of the molecule is CC.CC.Cc1cc(C)c(N)cc1C. The molecule has 0 aliphatic carbocycles. The molecule has 0 radical (unpaired) electrons. The van der Waals surface area contributed by atoms with E-state index in [1.807, 2.05) is 40.7 Å². The van der Waals surface area contributed by atoms with Crippen LogP contribution in [0.5, 0.6) is 0 Å². The van der Waals surface area contributed by atoms with E-state index in [0.717, 1.165) is 5.69 Å². The number of hydrogen-bond donors (Lipinski definition) is 1. The predicted molar refractivity (Wildman–Crippen MR) is 67.8 cm³/mol. The Bertz CT molecular complexity index is 201. The van der Waals surface area contributed by atoms with Crippen LogP contribution in [0, 0.1) is 20.8 Å². The summed E-state index contributed by atoms with van der Waals surface area (Å²) in [6.07, 6.45) is 0. The van der Waals surface area contributed by atoms with Gasteiger partial charge in [0.05, 0.1) is 0 Å². The standard InChI is InChI=1S/C9H13N.2C2H6/c1-6-4-8(3)9(10)5-7(6)2;2*1-2/h4-5H,10H2,1-3H3;2*1-2H3. The fourth-order valence-electron chi connectivity index (χ4n) is 0.983. The smallest absolute Gasteiger partial charge is 0.0346 e. The van der Waals surface area contributed by atoms with Crippen LogP contribution >= 0.6 is 0 Å². The Morgan fingerprint density at radius 3 is 1.43 bits per heavy atom. The van der Waals surface area contributed by atoms with E-state index in [0.29, 0.717) is 0 Å². The summed E-state index contributed by atoms with van der Waals surface area (Å²) in [6, 6.07) is 4.13. The summed E-state index contributed by atoms with van der Waals surface area (Å²) in [7, 11) is 0. The van der Waals surface area contributed by atoms with Gasteiger partial charge in [-0.05, 0) is 43.5 Å². The Balaban J connectivity index is 0. The van der Waals surface area contributed by atoms with E-state index in [1.165, 1.54) is 16.7 Å². The molecule has 0 saturated carbocycles. The summed E-state index contributed by atoms with van der Waals surface area (Å²) >= 11 is 0. The largest absolute Gasteiger partial charge is 0.399 e. The fourth-order valence-corrected chi connectivity index (χ4v) is 0.983. The van der Waals surface area contributed by atoms with Gasteiger partial charge in [0, 0.05) is 5.69 Å². The average molecular weight is 195 g/mol. The van der Waals surface area contributed by atoms with Crippen LogP contribution in [0.4, 0.5) is 5.69 Å². The van der Waals surface area contributed by atoms with Crippen molar-refractivity contribution in [3.05, 3.63) is 28.8 Å². The number of anilines is 1. The fraction of sp³-hybridized carbons (Fsp3) is 0.538. The monoisotopic (exact) mass is 195 g/mol. The van der Waals surface area contributed by atoms with Gasteiger partial charge in [-0.3, -0.25) is 0 Å². The van der Waals surface area contributed by atoms with Gasteiger partial charge in [-0.25, -0.2) is 0 Å². The maximum Gasteiger partial charge on any atom is 0.0346 e. The lowest BCUT2D eigenvalue weighted by molar-refractivity contribution is 1.30. The highest BCUT2D eigenvalue weighted by atomic mass is 14.6. The summed E-state index contributed by atoms with van der Waals surface area (Å²) in [6.45, 7) is 14.2. The van der Waals surface area contributed by atoms with E-state index < -0.39 is 0 Å². The molecule has 2 N–H and O–H groups in total. The van der Waals surface area contributed by atoms with Crippen molar-refractivity contribution in [3.8, 4) is 0 Å². The van der Waals surface area contributed by atoms with Crippen molar-refractivity contribution < 1.29 is 0 Å². The number of rotatable bonds is 0. The van der Waals surface area contributed by atoms with Crippen molar-refractivity contribution in [2.45, 2.75) is 48.5 Å². The van der Waals surface area contributed by atoms with E-state index in [-0.39, 0.29) is 0 Å². The molecule has 0 atom stereocenters. The van der Waals surface area contributed by atoms with Crippen LogP contribution in [0.2, 0.25) is 0 Å². The van der Waals surface area contributed by atoms with Crippen LogP contribution in [0.1, 0.15) is 44.4 Å². The van der Waals surface area contributed by atoms with Crippen LogP contribution < -0.4 is 5.73 Å². The Morgan fingerprint density at radius 2 is 1.07 bits per heavy atom. The Kier molecular flexibility index (Phi) is 9.53. The molecule has 1 aromatic rings. The lowest BCUT2D eigenvalue weighted by atomic mass is 10.1. The summed E-state index contributed by atoms with van der Waals surface area (Å²) < 4.78 is 0. The normalized spacial score (nSPS) is 7.93. The second-order valence-corrected chi connectivity index (χ2v) is 2.79. The topological polar surface area (TPSA) is 26.0 Å². The average Bonchev–Trinajstić information content (AvgIpc) is 2.21. The van der Waals surface area contributed by atoms with Crippen LogP contribution in [0.25, 0.3) is 0 Å². The molecule has 0 bridgehead atoms. The summed E-state index contributed by atoms with van der Waals surface area (Å²) in [5.41, 5.74) is 10.3. The molecular weight excluding hydrogens is 170 g/mol. The predicted octanol–water partition coefficient (Wildman–Crippen LogP) is 4.25. The molecule has 0 spiro atoms. The molecule has 82 valence electrons. The number of nitrogen functional groups attached to an aromatic ring is 1. The molecule has 1 aromatic carbocycles. The van der Waals surface area contributed by atoms with Crippen molar-refractivity contribution in [2.75, 3.05) is 5.73 Å².